The summed E-state index contributed by atoms with van der Waals surface area (Å²) in [5.74, 6) is -0.743. The van der Waals surface area contributed by atoms with Crippen LogP contribution < -0.4 is 15.9 Å². The zero-order chi connectivity index (χ0) is 10.0. The van der Waals surface area contributed by atoms with Gasteiger partial charge in [0, 0.05) is 5.69 Å². The Bertz CT molecular complexity index is 351. The van der Waals surface area contributed by atoms with Gasteiger partial charge in [-0.05, 0) is 12.1 Å². The van der Waals surface area contributed by atoms with Gasteiger partial charge in [-0.25, -0.2) is 4.79 Å². The summed E-state index contributed by atoms with van der Waals surface area (Å²) >= 11 is 0. The molecule has 0 atom stereocenters. The van der Waals surface area contributed by atoms with Gasteiger partial charge < -0.3 is 15.6 Å². The standard InChI is InChI=1S/C8H8BNO3/c1-13-4-2-5(8(11)12)7(10)6(9)3-4/h2-3H,10H2,1H3,(H,11,12). The molecule has 0 aromatic heterocycles. The van der Waals surface area contributed by atoms with Gasteiger partial charge in [0.05, 0.1) is 12.7 Å². The van der Waals surface area contributed by atoms with Gasteiger partial charge in [-0.15, -0.1) is 0 Å². The van der Waals surface area contributed by atoms with Gasteiger partial charge >= 0.3 is 5.97 Å². The molecular weight excluding hydrogens is 169 g/mol. The number of aromatic carboxylic acids is 1. The molecule has 2 radical (unpaired) electrons. The summed E-state index contributed by atoms with van der Waals surface area (Å²) in [6.07, 6.45) is 0. The second kappa shape index (κ2) is 3.39. The van der Waals surface area contributed by atoms with E-state index in [1.165, 1.54) is 19.2 Å². The first-order valence-electron chi connectivity index (χ1n) is 3.52. The van der Waals surface area contributed by atoms with Crippen LogP contribution in [0.2, 0.25) is 0 Å². The van der Waals surface area contributed by atoms with Crippen molar-refractivity contribution >= 4 is 25.0 Å². The van der Waals surface area contributed by atoms with Crippen LogP contribution in [0.15, 0.2) is 12.1 Å². The molecule has 0 saturated heterocycles. The molecule has 0 amide bonds. The fourth-order valence-electron chi connectivity index (χ4n) is 0.943. The van der Waals surface area contributed by atoms with Crippen LogP contribution >= 0.6 is 0 Å². The van der Waals surface area contributed by atoms with E-state index in [0.717, 1.165) is 0 Å². The van der Waals surface area contributed by atoms with Crippen LogP contribution in [-0.2, 0) is 0 Å². The van der Waals surface area contributed by atoms with Gasteiger partial charge in [0.25, 0.3) is 0 Å². The maximum absolute atomic E-state index is 10.7. The molecule has 5 heteroatoms. The number of ether oxygens (including phenoxy) is 1. The second-order valence-corrected chi connectivity index (χ2v) is 2.48. The predicted octanol–water partition coefficient (Wildman–Crippen LogP) is -0.231. The molecule has 1 aromatic carbocycles. The molecule has 1 aromatic rings. The van der Waals surface area contributed by atoms with E-state index in [2.05, 4.69) is 0 Å². The highest BCUT2D eigenvalue weighted by Gasteiger charge is 2.11. The number of anilines is 1. The summed E-state index contributed by atoms with van der Waals surface area (Å²) < 4.78 is 4.84. The highest BCUT2D eigenvalue weighted by Crippen LogP contribution is 2.16. The number of rotatable bonds is 2. The van der Waals surface area contributed by atoms with Crippen molar-refractivity contribution in [3.8, 4) is 5.75 Å². The Morgan fingerprint density at radius 3 is 2.69 bits per heavy atom. The molecule has 0 fully saturated rings. The molecule has 1 rings (SSSR count). The second-order valence-electron chi connectivity index (χ2n) is 2.48. The van der Waals surface area contributed by atoms with Crippen molar-refractivity contribution in [1.82, 2.24) is 0 Å². The summed E-state index contributed by atoms with van der Waals surface area (Å²) in [6.45, 7) is 0. The van der Waals surface area contributed by atoms with Crippen LogP contribution in [0.1, 0.15) is 10.4 Å². The van der Waals surface area contributed by atoms with Gasteiger partial charge in [0.15, 0.2) is 0 Å². The molecule has 0 heterocycles. The Morgan fingerprint density at radius 2 is 2.23 bits per heavy atom. The van der Waals surface area contributed by atoms with E-state index >= 15 is 0 Å². The lowest BCUT2D eigenvalue weighted by Gasteiger charge is -2.07. The van der Waals surface area contributed by atoms with E-state index in [9.17, 15) is 4.79 Å². The van der Waals surface area contributed by atoms with Crippen LogP contribution in [0.25, 0.3) is 0 Å². The molecule has 3 N–H and O–H groups in total. The molecule has 66 valence electrons. The van der Waals surface area contributed by atoms with Gasteiger partial charge in [-0.3, -0.25) is 0 Å². The Hall–Kier alpha value is -1.65. The van der Waals surface area contributed by atoms with E-state index < -0.39 is 5.97 Å². The summed E-state index contributed by atoms with van der Waals surface area (Å²) in [6, 6.07) is 2.80. The van der Waals surface area contributed by atoms with Gasteiger partial charge in [0.2, 0.25) is 0 Å². The molecule has 0 spiro atoms. The molecule has 0 aliphatic carbocycles. The first-order valence-corrected chi connectivity index (χ1v) is 3.52. The van der Waals surface area contributed by atoms with Crippen molar-refractivity contribution in [3.05, 3.63) is 17.7 Å². The summed E-state index contributed by atoms with van der Waals surface area (Å²) in [7, 11) is 6.89. The monoisotopic (exact) mass is 177 g/mol. The Balaban J connectivity index is 3.33. The Labute approximate surface area is 76.7 Å². The third-order valence-corrected chi connectivity index (χ3v) is 1.65. The van der Waals surface area contributed by atoms with Crippen molar-refractivity contribution in [1.29, 1.82) is 0 Å². The third kappa shape index (κ3) is 1.74. The lowest BCUT2D eigenvalue weighted by atomic mass is 9.91. The molecule has 0 unspecified atom stereocenters. The largest absolute Gasteiger partial charge is 0.497 e. The highest BCUT2D eigenvalue weighted by molar-refractivity contribution is 6.36. The predicted molar refractivity (Wildman–Crippen MR) is 49.8 cm³/mol. The minimum Gasteiger partial charge on any atom is -0.497 e. The maximum Gasteiger partial charge on any atom is 0.337 e. The van der Waals surface area contributed by atoms with Crippen LogP contribution in [-0.4, -0.2) is 26.0 Å². The normalized spacial score (nSPS) is 9.62. The van der Waals surface area contributed by atoms with E-state index in [0.29, 0.717) is 5.75 Å². The number of carboxylic acids is 1. The van der Waals surface area contributed by atoms with Gasteiger partial charge in [-0.1, -0.05) is 5.46 Å². The maximum atomic E-state index is 10.7. The average Bonchev–Trinajstić information content (AvgIpc) is 2.09. The molecule has 0 aliphatic rings. The number of carbonyl (C=O) groups is 1. The first-order chi connectivity index (χ1) is 6.06. The zero-order valence-corrected chi connectivity index (χ0v) is 7.07. The first kappa shape index (κ1) is 9.44. The van der Waals surface area contributed by atoms with E-state index in [-0.39, 0.29) is 16.7 Å². The van der Waals surface area contributed by atoms with Crippen molar-refractivity contribution in [2.45, 2.75) is 0 Å². The SMILES string of the molecule is [B]c1cc(OC)cc(C(=O)O)c1N. The fourth-order valence-corrected chi connectivity index (χ4v) is 0.943. The Morgan fingerprint density at radius 1 is 1.62 bits per heavy atom. The zero-order valence-electron chi connectivity index (χ0n) is 7.07. The summed E-state index contributed by atoms with van der Waals surface area (Å²) in [4.78, 5) is 10.7. The van der Waals surface area contributed by atoms with Crippen LogP contribution in [0.4, 0.5) is 5.69 Å². The van der Waals surface area contributed by atoms with Gasteiger partial charge in [-0.2, -0.15) is 0 Å². The number of methoxy groups -OCH3 is 1. The number of nitrogens with two attached hydrogens (primary N) is 1. The fraction of sp³-hybridized carbons (Fsp3) is 0.125. The third-order valence-electron chi connectivity index (χ3n) is 1.65. The highest BCUT2D eigenvalue weighted by atomic mass is 16.5. The van der Waals surface area contributed by atoms with Crippen LogP contribution in [0, 0.1) is 0 Å². The average molecular weight is 177 g/mol. The van der Waals surface area contributed by atoms with Crippen LogP contribution in [0.5, 0.6) is 5.75 Å². The van der Waals surface area contributed by atoms with Crippen LogP contribution in [0.3, 0.4) is 0 Å². The summed E-state index contributed by atoms with van der Waals surface area (Å²) in [5, 5.41) is 8.72. The van der Waals surface area contributed by atoms with Crippen molar-refractivity contribution in [3.63, 3.8) is 0 Å². The van der Waals surface area contributed by atoms with Crippen molar-refractivity contribution in [2.75, 3.05) is 12.8 Å². The molecule has 0 saturated carbocycles. The molecule has 4 nitrogen and oxygen atoms in total. The van der Waals surface area contributed by atoms with Crippen molar-refractivity contribution < 1.29 is 14.6 Å². The molecule has 0 bridgehead atoms. The smallest absolute Gasteiger partial charge is 0.337 e. The molecule has 13 heavy (non-hydrogen) atoms. The van der Waals surface area contributed by atoms with E-state index in [1.54, 1.807) is 0 Å². The lowest BCUT2D eigenvalue weighted by molar-refractivity contribution is 0.0697. The number of carboxylic acid groups (broad SMARTS) is 1. The van der Waals surface area contributed by atoms with Crippen molar-refractivity contribution in [2.24, 2.45) is 0 Å². The van der Waals surface area contributed by atoms with Gasteiger partial charge in [0.1, 0.15) is 13.6 Å². The topological polar surface area (TPSA) is 72.5 Å². The number of benzene rings is 1. The van der Waals surface area contributed by atoms with E-state index in [1.807, 2.05) is 0 Å². The van der Waals surface area contributed by atoms with E-state index in [4.69, 9.17) is 23.4 Å². The summed E-state index contributed by atoms with van der Waals surface area (Å²) in [5.41, 5.74) is 5.67. The number of hydrogen-bond donors (Lipinski definition) is 2. The minimum absolute atomic E-state index is 0.0446. The lowest BCUT2D eigenvalue weighted by Crippen LogP contribution is -2.15. The minimum atomic E-state index is -1.12. The quantitative estimate of drug-likeness (QED) is 0.483. The number of hydrogen-bond acceptors (Lipinski definition) is 3. The molecular formula is C8H8BNO3. The molecule has 0 aliphatic heterocycles. The Kier molecular flexibility index (Phi) is 2.46. The number of nitrogen functional groups attached to an aromatic ring is 1.